The molecule has 2 N–H and O–H groups in total. The van der Waals surface area contributed by atoms with Crippen molar-refractivity contribution in [2.75, 3.05) is 6.54 Å². The molecule has 1 fully saturated rings. The van der Waals surface area contributed by atoms with Gasteiger partial charge in [-0.3, -0.25) is 4.79 Å². The van der Waals surface area contributed by atoms with Crippen LogP contribution in [-0.4, -0.2) is 32.4 Å². The third-order valence-electron chi connectivity index (χ3n) is 2.80. The van der Waals surface area contributed by atoms with Gasteiger partial charge in [0.15, 0.2) is 5.82 Å². The zero-order valence-electron chi connectivity index (χ0n) is 8.55. The molecule has 0 spiro atoms. The summed E-state index contributed by atoms with van der Waals surface area (Å²) in [5.74, 6) is -0.473. The number of nitrogens with one attached hydrogen (secondary N) is 1. The van der Waals surface area contributed by atoms with Crippen molar-refractivity contribution in [2.45, 2.75) is 18.9 Å². The van der Waals surface area contributed by atoms with Crippen LogP contribution in [0.4, 0.5) is 0 Å². The second-order valence-corrected chi connectivity index (χ2v) is 3.82. The molecule has 1 aromatic rings. The number of hydrogen-bond acceptors (Lipinski definition) is 4. The molecule has 1 aliphatic rings. The van der Waals surface area contributed by atoms with Gasteiger partial charge in [-0.05, 0) is 19.4 Å². The van der Waals surface area contributed by atoms with Crippen molar-refractivity contribution in [1.82, 2.24) is 20.1 Å². The molecule has 15 heavy (non-hydrogen) atoms. The first-order valence-corrected chi connectivity index (χ1v) is 5.00. The standard InChI is InChI=1S/C9H14N4O2/c1-13-5-11-12-8(13)7-6(9(14)15)3-2-4-10-7/h5-7,10H,2-4H2,1H3,(H,14,15)/t6-,7+/m0/s1. The van der Waals surface area contributed by atoms with Crippen molar-refractivity contribution in [3.05, 3.63) is 12.2 Å². The van der Waals surface area contributed by atoms with E-state index < -0.39 is 11.9 Å². The van der Waals surface area contributed by atoms with Crippen LogP contribution in [0.25, 0.3) is 0 Å². The number of aromatic nitrogens is 3. The van der Waals surface area contributed by atoms with Crippen molar-refractivity contribution < 1.29 is 9.90 Å². The molecule has 1 aliphatic heterocycles. The van der Waals surface area contributed by atoms with E-state index in [1.54, 1.807) is 10.9 Å². The molecule has 0 unspecified atom stereocenters. The highest BCUT2D eigenvalue weighted by molar-refractivity contribution is 5.71. The van der Waals surface area contributed by atoms with Gasteiger partial charge < -0.3 is 15.0 Å². The molecule has 0 amide bonds. The van der Waals surface area contributed by atoms with Gasteiger partial charge in [0.1, 0.15) is 6.33 Å². The van der Waals surface area contributed by atoms with Crippen LogP contribution in [0.1, 0.15) is 24.7 Å². The lowest BCUT2D eigenvalue weighted by Gasteiger charge is -2.28. The van der Waals surface area contributed by atoms with Crippen molar-refractivity contribution in [1.29, 1.82) is 0 Å². The van der Waals surface area contributed by atoms with Crippen molar-refractivity contribution in [3.8, 4) is 0 Å². The lowest BCUT2D eigenvalue weighted by molar-refractivity contribution is -0.143. The van der Waals surface area contributed by atoms with E-state index in [-0.39, 0.29) is 6.04 Å². The van der Waals surface area contributed by atoms with Gasteiger partial charge in [0, 0.05) is 7.05 Å². The molecule has 82 valence electrons. The lowest BCUT2D eigenvalue weighted by Crippen LogP contribution is -2.39. The second kappa shape index (κ2) is 3.98. The summed E-state index contributed by atoms with van der Waals surface area (Å²) in [5, 5.41) is 20.0. The number of aliphatic carboxylic acids is 1. The van der Waals surface area contributed by atoms with E-state index in [9.17, 15) is 4.79 Å². The van der Waals surface area contributed by atoms with Crippen LogP contribution in [0.3, 0.4) is 0 Å². The van der Waals surface area contributed by atoms with Crippen molar-refractivity contribution in [2.24, 2.45) is 13.0 Å². The maximum atomic E-state index is 11.1. The quantitative estimate of drug-likeness (QED) is 0.714. The monoisotopic (exact) mass is 210 g/mol. The Balaban J connectivity index is 2.25. The fourth-order valence-corrected chi connectivity index (χ4v) is 2.00. The van der Waals surface area contributed by atoms with E-state index in [0.717, 1.165) is 13.0 Å². The molecule has 1 aromatic heterocycles. The maximum absolute atomic E-state index is 11.1. The molecule has 1 saturated heterocycles. The summed E-state index contributed by atoms with van der Waals surface area (Å²) in [6, 6.07) is -0.219. The number of carbonyl (C=O) groups is 1. The smallest absolute Gasteiger partial charge is 0.308 e. The SMILES string of the molecule is Cn1cnnc1[C@@H]1NCCC[C@@H]1C(=O)O. The number of rotatable bonds is 2. The third-order valence-corrected chi connectivity index (χ3v) is 2.80. The Morgan fingerprint density at radius 3 is 3.13 bits per heavy atom. The first-order valence-electron chi connectivity index (χ1n) is 5.00. The van der Waals surface area contributed by atoms with Gasteiger partial charge in [-0.25, -0.2) is 0 Å². The minimum Gasteiger partial charge on any atom is -0.481 e. The van der Waals surface area contributed by atoms with E-state index >= 15 is 0 Å². The highest BCUT2D eigenvalue weighted by Crippen LogP contribution is 2.27. The number of aryl methyl sites for hydroxylation is 1. The van der Waals surface area contributed by atoms with Crippen molar-refractivity contribution >= 4 is 5.97 Å². The predicted octanol–water partition coefficient (Wildman–Crippen LogP) is -0.0596. The number of carboxylic acid groups (broad SMARTS) is 1. The third kappa shape index (κ3) is 1.85. The Morgan fingerprint density at radius 1 is 1.73 bits per heavy atom. The highest BCUT2D eigenvalue weighted by Gasteiger charge is 2.34. The predicted molar refractivity (Wildman–Crippen MR) is 52.1 cm³/mol. The zero-order chi connectivity index (χ0) is 10.8. The number of piperidine rings is 1. The van der Waals surface area contributed by atoms with E-state index in [4.69, 9.17) is 5.11 Å². The summed E-state index contributed by atoms with van der Waals surface area (Å²) in [6.07, 6.45) is 3.18. The topological polar surface area (TPSA) is 80.0 Å². The molecule has 0 aromatic carbocycles. The van der Waals surface area contributed by atoms with Gasteiger partial charge in [-0.15, -0.1) is 10.2 Å². The Labute approximate surface area is 87.3 Å². The van der Waals surface area contributed by atoms with Gasteiger partial charge in [-0.2, -0.15) is 0 Å². The summed E-state index contributed by atoms with van der Waals surface area (Å²) < 4.78 is 1.76. The Bertz CT molecular complexity index is 363. The van der Waals surface area contributed by atoms with Crippen LogP contribution >= 0.6 is 0 Å². The Hall–Kier alpha value is -1.43. The lowest BCUT2D eigenvalue weighted by atomic mass is 9.90. The van der Waals surface area contributed by atoms with Crippen molar-refractivity contribution in [3.63, 3.8) is 0 Å². The Kier molecular flexibility index (Phi) is 2.68. The van der Waals surface area contributed by atoms with Gasteiger partial charge in [0.2, 0.25) is 0 Å². The molecule has 0 bridgehead atoms. The fourth-order valence-electron chi connectivity index (χ4n) is 2.00. The first kappa shape index (κ1) is 10.1. The molecular weight excluding hydrogens is 196 g/mol. The Morgan fingerprint density at radius 2 is 2.53 bits per heavy atom. The van der Waals surface area contributed by atoms with Crippen LogP contribution in [0.2, 0.25) is 0 Å². The van der Waals surface area contributed by atoms with Crippen LogP contribution in [0.5, 0.6) is 0 Å². The van der Waals surface area contributed by atoms with Crippen LogP contribution < -0.4 is 5.32 Å². The summed E-state index contributed by atoms with van der Waals surface area (Å²) in [5.41, 5.74) is 0. The molecule has 6 nitrogen and oxygen atoms in total. The summed E-state index contributed by atoms with van der Waals surface area (Å²) in [6.45, 7) is 0.835. The van der Waals surface area contributed by atoms with E-state index in [1.807, 2.05) is 7.05 Å². The minimum atomic E-state index is -0.768. The van der Waals surface area contributed by atoms with Crippen LogP contribution in [0.15, 0.2) is 6.33 Å². The van der Waals surface area contributed by atoms with Crippen LogP contribution in [0, 0.1) is 5.92 Å². The minimum absolute atomic E-state index is 0.219. The summed E-state index contributed by atoms with van der Waals surface area (Å²) in [7, 11) is 1.82. The van der Waals surface area contributed by atoms with Gasteiger partial charge in [0.05, 0.1) is 12.0 Å². The largest absolute Gasteiger partial charge is 0.481 e. The molecule has 6 heteroatoms. The fraction of sp³-hybridized carbons (Fsp3) is 0.667. The highest BCUT2D eigenvalue weighted by atomic mass is 16.4. The molecule has 2 heterocycles. The average Bonchev–Trinajstić information content (AvgIpc) is 2.64. The van der Waals surface area contributed by atoms with E-state index in [1.165, 1.54) is 0 Å². The van der Waals surface area contributed by atoms with Crippen LogP contribution in [-0.2, 0) is 11.8 Å². The van der Waals surface area contributed by atoms with E-state index in [0.29, 0.717) is 12.2 Å². The molecule has 2 rings (SSSR count). The molecule has 0 aliphatic carbocycles. The molecule has 0 radical (unpaired) electrons. The van der Waals surface area contributed by atoms with E-state index in [2.05, 4.69) is 15.5 Å². The second-order valence-electron chi connectivity index (χ2n) is 3.82. The average molecular weight is 210 g/mol. The number of nitrogens with zero attached hydrogens (tertiary/aromatic N) is 3. The summed E-state index contributed by atoms with van der Waals surface area (Å²) in [4.78, 5) is 11.1. The number of hydrogen-bond donors (Lipinski definition) is 2. The van der Waals surface area contributed by atoms with Gasteiger partial charge in [-0.1, -0.05) is 0 Å². The molecule has 0 saturated carbocycles. The normalized spacial score (nSPS) is 26.5. The van der Waals surface area contributed by atoms with Gasteiger partial charge >= 0.3 is 5.97 Å². The summed E-state index contributed by atoms with van der Waals surface area (Å²) >= 11 is 0. The zero-order valence-corrected chi connectivity index (χ0v) is 8.55. The maximum Gasteiger partial charge on any atom is 0.308 e. The molecule has 2 atom stereocenters. The van der Waals surface area contributed by atoms with Gasteiger partial charge in [0.25, 0.3) is 0 Å². The first-order chi connectivity index (χ1) is 7.20. The number of carboxylic acids is 1. The molecular formula is C9H14N4O2.